The van der Waals surface area contributed by atoms with E-state index in [-0.39, 0.29) is 11.9 Å². The Balaban J connectivity index is 1.57. The number of hydrogen-bond donors (Lipinski definition) is 0. The molecule has 2 saturated heterocycles. The zero-order chi connectivity index (χ0) is 18.1. The third kappa shape index (κ3) is 3.03. The number of benzene rings is 2. The minimum atomic E-state index is -0.486. The number of ether oxygens (including phenoxy) is 2. The van der Waals surface area contributed by atoms with Gasteiger partial charge >= 0.3 is 0 Å². The van der Waals surface area contributed by atoms with Crippen molar-refractivity contribution in [2.24, 2.45) is 0 Å². The Labute approximate surface area is 162 Å². The monoisotopic (exact) mass is 415 g/mol. The molecule has 2 fully saturated rings. The van der Waals surface area contributed by atoms with Crippen LogP contribution in [-0.4, -0.2) is 30.2 Å². The van der Waals surface area contributed by atoms with Crippen molar-refractivity contribution < 1.29 is 14.3 Å². The number of carbonyl (C=O) groups is 1. The van der Waals surface area contributed by atoms with Gasteiger partial charge in [0.05, 0.1) is 19.8 Å². The normalized spacial score (nSPS) is 24.8. The van der Waals surface area contributed by atoms with Crippen LogP contribution in [0.15, 0.2) is 53.0 Å². The minimum absolute atomic E-state index is 0.0138. The van der Waals surface area contributed by atoms with Gasteiger partial charge in [0.25, 0.3) is 0 Å². The van der Waals surface area contributed by atoms with Crippen LogP contribution in [0.5, 0.6) is 5.75 Å². The van der Waals surface area contributed by atoms with Crippen molar-refractivity contribution in [2.45, 2.75) is 37.5 Å². The second kappa shape index (κ2) is 7.05. The van der Waals surface area contributed by atoms with Crippen molar-refractivity contribution in [1.82, 2.24) is 4.90 Å². The highest BCUT2D eigenvalue weighted by Gasteiger charge is 2.54. The Kier molecular flexibility index (Phi) is 4.76. The third-order valence-electron chi connectivity index (χ3n) is 5.48. The highest BCUT2D eigenvalue weighted by Crippen LogP contribution is 2.47. The molecule has 0 aromatic heterocycles. The summed E-state index contributed by atoms with van der Waals surface area (Å²) >= 11 is 3.62. The third-order valence-corrected chi connectivity index (χ3v) is 6.25. The van der Waals surface area contributed by atoms with Crippen molar-refractivity contribution >= 4 is 21.8 Å². The fourth-order valence-corrected chi connectivity index (χ4v) is 4.56. The molecule has 2 heterocycles. The van der Waals surface area contributed by atoms with Crippen molar-refractivity contribution in [3.63, 3.8) is 0 Å². The zero-order valence-electron chi connectivity index (χ0n) is 14.8. The summed E-state index contributed by atoms with van der Waals surface area (Å²) in [6, 6.07) is 16.2. The maximum absolute atomic E-state index is 12.6. The molecule has 1 amide bonds. The molecular formula is C21H22BrNO3. The topological polar surface area (TPSA) is 38.8 Å². The van der Waals surface area contributed by atoms with E-state index in [4.69, 9.17) is 9.47 Å². The highest BCUT2D eigenvalue weighted by molar-refractivity contribution is 9.10. The lowest BCUT2D eigenvalue weighted by molar-refractivity contribution is -0.139. The van der Waals surface area contributed by atoms with Crippen LogP contribution in [-0.2, 0) is 16.0 Å². The van der Waals surface area contributed by atoms with Gasteiger partial charge in [0.15, 0.2) is 0 Å². The summed E-state index contributed by atoms with van der Waals surface area (Å²) in [4.78, 5) is 14.6. The summed E-state index contributed by atoms with van der Waals surface area (Å²) in [6.07, 6.45) is 2.93. The quantitative estimate of drug-likeness (QED) is 0.722. The number of aryl methyl sites for hydroxylation is 1. The minimum Gasteiger partial charge on any atom is -0.497 e. The average molecular weight is 416 g/mol. The zero-order valence-corrected chi connectivity index (χ0v) is 16.4. The number of fused-ring (bicyclic) bond motifs is 1. The summed E-state index contributed by atoms with van der Waals surface area (Å²) < 4.78 is 12.7. The molecule has 0 N–H and O–H groups in total. The maximum Gasteiger partial charge on any atom is 0.225 e. The van der Waals surface area contributed by atoms with E-state index in [2.05, 4.69) is 28.1 Å². The van der Waals surface area contributed by atoms with Crippen molar-refractivity contribution in [2.75, 3.05) is 13.7 Å². The molecule has 26 heavy (non-hydrogen) atoms. The predicted octanol–water partition coefficient (Wildman–Crippen LogP) is 4.48. The molecule has 2 aromatic rings. The Morgan fingerprint density at radius 3 is 2.85 bits per heavy atom. The fraction of sp³-hybridized carbons (Fsp3) is 0.381. The number of methoxy groups -OCH3 is 1. The number of carbonyl (C=O) groups excluding carboxylic acids is 1. The highest BCUT2D eigenvalue weighted by atomic mass is 79.9. The summed E-state index contributed by atoms with van der Waals surface area (Å²) in [6.45, 7) is 0.565. The van der Waals surface area contributed by atoms with Crippen molar-refractivity contribution in [3.8, 4) is 5.75 Å². The van der Waals surface area contributed by atoms with Gasteiger partial charge in [-0.15, -0.1) is 0 Å². The van der Waals surface area contributed by atoms with Crippen molar-refractivity contribution in [1.29, 1.82) is 0 Å². The van der Waals surface area contributed by atoms with Gasteiger partial charge in [-0.2, -0.15) is 0 Å². The lowest BCUT2D eigenvalue weighted by atomic mass is 9.99. The van der Waals surface area contributed by atoms with Crippen LogP contribution >= 0.6 is 15.9 Å². The molecule has 2 aliphatic rings. The smallest absolute Gasteiger partial charge is 0.225 e. The first-order chi connectivity index (χ1) is 12.6. The summed E-state index contributed by atoms with van der Waals surface area (Å²) in [7, 11) is 1.67. The van der Waals surface area contributed by atoms with Crippen LogP contribution in [0.25, 0.3) is 0 Å². The van der Waals surface area contributed by atoms with E-state index in [1.165, 1.54) is 5.56 Å². The largest absolute Gasteiger partial charge is 0.497 e. The van der Waals surface area contributed by atoms with Gasteiger partial charge in [-0.3, -0.25) is 4.79 Å². The number of hydrogen-bond acceptors (Lipinski definition) is 3. The van der Waals surface area contributed by atoms with Gasteiger partial charge in [0.1, 0.15) is 11.5 Å². The summed E-state index contributed by atoms with van der Waals surface area (Å²) in [5.41, 5.74) is 1.83. The summed E-state index contributed by atoms with van der Waals surface area (Å²) in [5, 5.41) is 0. The van der Waals surface area contributed by atoms with Crippen LogP contribution in [0, 0.1) is 0 Å². The standard InChI is InChI=1S/C21H22BrNO3/c1-25-17-7-8-18(22)16(13-17)9-11-21-12-10-20(24)23(21)19(14-26-21)15-5-3-2-4-6-15/h2-8,13,19H,9-12,14H2,1H3/t19-,21-/m0/s1. The van der Waals surface area contributed by atoms with E-state index >= 15 is 0 Å². The number of rotatable bonds is 5. The van der Waals surface area contributed by atoms with E-state index in [1.807, 2.05) is 41.3 Å². The average Bonchev–Trinajstić information content (AvgIpc) is 3.20. The molecule has 0 unspecified atom stereocenters. The number of amides is 1. The lowest BCUT2D eigenvalue weighted by Gasteiger charge is -2.33. The van der Waals surface area contributed by atoms with E-state index < -0.39 is 5.72 Å². The van der Waals surface area contributed by atoms with E-state index in [0.29, 0.717) is 13.0 Å². The van der Waals surface area contributed by atoms with Gasteiger partial charge in [-0.1, -0.05) is 46.3 Å². The van der Waals surface area contributed by atoms with Gasteiger partial charge in [-0.25, -0.2) is 0 Å². The molecule has 4 nitrogen and oxygen atoms in total. The first kappa shape index (κ1) is 17.6. The summed E-state index contributed by atoms with van der Waals surface area (Å²) in [5.74, 6) is 1.04. The molecule has 136 valence electrons. The van der Waals surface area contributed by atoms with Crippen LogP contribution < -0.4 is 4.74 Å². The molecule has 0 bridgehead atoms. The second-order valence-corrected chi connectivity index (χ2v) is 7.76. The van der Waals surface area contributed by atoms with E-state index in [0.717, 1.165) is 35.0 Å². The molecule has 2 atom stereocenters. The van der Waals surface area contributed by atoms with Gasteiger partial charge in [-0.05, 0) is 42.2 Å². The molecule has 2 aromatic carbocycles. The Hall–Kier alpha value is -1.85. The van der Waals surface area contributed by atoms with Crippen LogP contribution in [0.2, 0.25) is 0 Å². The number of nitrogens with zero attached hydrogens (tertiary/aromatic N) is 1. The second-order valence-electron chi connectivity index (χ2n) is 6.90. The first-order valence-corrected chi connectivity index (χ1v) is 9.76. The maximum atomic E-state index is 12.6. The first-order valence-electron chi connectivity index (χ1n) is 8.96. The molecular weight excluding hydrogens is 394 g/mol. The Bertz CT molecular complexity index is 810. The van der Waals surface area contributed by atoms with Crippen molar-refractivity contribution in [3.05, 3.63) is 64.1 Å². The molecule has 5 heteroatoms. The van der Waals surface area contributed by atoms with Crippen LogP contribution in [0.3, 0.4) is 0 Å². The molecule has 4 rings (SSSR count). The Morgan fingerprint density at radius 2 is 2.08 bits per heavy atom. The van der Waals surface area contributed by atoms with Gasteiger partial charge < -0.3 is 14.4 Å². The van der Waals surface area contributed by atoms with Gasteiger partial charge in [0.2, 0.25) is 5.91 Å². The van der Waals surface area contributed by atoms with Gasteiger partial charge in [0, 0.05) is 17.3 Å². The number of halogens is 1. The molecule has 0 spiro atoms. The molecule has 0 aliphatic carbocycles. The Morgan fingerprint density at radius 1 is 1.27 bits per heavy atom. The SMILES string of the molecule is COc1ccc(Br)c(CC[C@]23CCC(=O)N2[C@H](c2ccccc2)CO3)c1. The van der Waals surface area contributed by atoms with E-state index in [9.17, 15) is 4.79 Å². The molecule has 0 saturated carbocycles. The van der Waals surface area contributed by atoms with Crippen LogP contribution in [0.4, 0.5) is 0 Å². The fourth-order valence-electron chi connectivity index (χ4n) is 4.12. The lowest BCUT2D eigenvalue weighted by Crippen LogP contribution is -2.43. The van der Waals surface area contributed by atoms with E-state index in [1.54, 1.807) is 7.11 Å². The molecule has 0 radical (unpaired) electrons. The van der Waals surface area contributed by atoms with Crippen LogP contribution in [0.1, 0.15) is 36.4 Å². The molecule has 2 aliphatic heterocycles. The predicted molar refractivity (Wildman–Crippen MR) is 103 cm³/mol.